The molecule has 0 unspecified atom stereocenters. The van der Waals surface area contributed by atoms with Crippen molar-refractivity contribution in [2.45, 2.75) is 6.92 Å². The van der Waals surface area contributed by atoms with E-state index in [1.807, 2.05) is 68.4 Å². The van der Waals surface area contributed by atoms with Gasteiger partial charge in [-0.25, -0.2) is 9.79 Å². The predicted octanol–water partition coefficient (Wildman–Crippen LogP) is 4.95. The molecule has 156 valence electrons. The minimum Gasteiger partial charge on any atom is -0.506 e. The molecule has 0 saturated carbocycles. The lowest BCUT2D eigenvalue weighted by Crippen LogP contribution is -2.10. The molecule has 0 spiro atoms. The van der Waals surface area contributed by atoms with Crippen LogP contribution in [0.4, 0.5) is 11.4 Å². The maximum Gasteiger partial charge on any atom is 0.344 e. The highest BCUT2D eigenvalue weighted by Gasteiger charge is 2.32. The average Bonchev–Trinajstić information content (AvgIpc) is 3.04. The van der Waals surface area contributed by atoms with Crippen molar-refractivity contribution in [1.29, 1.82) is 0 Å². The van der Waals surface area contributed by atoms with Crippen molar-refractivity contribution in [3.8, 4) is 5.75 Å². The van der Waals surface area contributed by atoms with Crippen LogP contribution in [-0.2, 0) is 9.53 Å². The molecule has 30 heavy (non-hydrogen) atoms. The number of benzene rings is 2. The van der Waals surface area contributed by atoms with Gasteiger partial charge in [0.25, 0.3) is 0 Å². The van der Waals surface area contributed by atoms with Gasteiger partial charge in [0.05, 0.1) is 24.3 Å². The Morgan fingerprint density at radius 3 is 2.37 bits per heavy atom. The Bertz CT molecular complexity index is 1010. The van der Waals surface area contributed by atoms with Gasteiger partial charge in [-0.3, -0.25) is 0 Å². The molecule has 1 N–H and O–H groups in total. The quantitative estimate of drug-likeness (QED) is 0.662. The second-order valence-corrected chi connectivity index (χ2v) is 7.69. The predicted molar refractivity (Wildman–Crippen MR) is 123 cm³/mol. The summed E-state index contributed by atoms with van der Waals surface area (Å²) < 4.78 is 10.3. The van der Waals surface area contributed by atoms with Crippen LogP contribution >= 0.6 is 11.8 Å². The van der Waals surface area contributed by atoms with E-state index in [0.717, 1.165) is 17.0 Å². The Labute approximate surface area is 180 Å². The van der Waals surface area contributed by atoms with Crippen LogP contribution in [0.1, 0.15) is 12.5 Å². The Morgan fingerprint density at radius 1 is 1.13 bits per heavy atom. The van der Waals surface area contributed by atoms with Crippen molar-refractivity contribution >= 4 is 40.2 Å². The molecule has 0 atom stereocenters. The third-order valence-electron chi connectivity index (χ3n) is 4.37. The second-order valence-electron chi connectivity index (χ2n) is 6.66. The number of ether oxygens (including phenoxy) is 2. The number of hydrogen-bond donors (Lipinski definition) is 1. The Kier molecular flexibility index (Phi) is 6.84. The zero-order valence-corrected chi connectivity index (χ0v) is 18.2. The normalized spacial score (nSPS) is 16.3. The van der Waals surface area contributed by atoms with E-state index in [4.69, 9.17) is 9.47 Å². The highest BCUT2D eigenvalue weighted by molar-refractivity contribution is 8.18. The highest BCUT2D eigenvalue weighted by atomic mass is 32.2. The van der Waals surface area contributed by atoms with Crippen LogP contribution in [0.3, 0.4) is 0 Å². The first-order valence-corrected chi connectivity index (χ1v) is 10.3. The lowest BCUT2D eigenvalue weighted by molar-refractivity contribution is -0.135. The van der Waals surface area contributed by atoms with E-state index in [0.29, 0.717) is 22.2 Å². The van der Waals surface area contributed by atoms with Gasteiger partial charge in [-0.1, -0.05) is 23.9 Å². The summed E-state index contributed by atoms with van der Waals surface area (Å²) in [6.45, 7) is 2.50. The van der Waals surface area contributed by atoms with Crippen molar-refractivity contribution in [2.75, 3.05) is 32.7 Å². The monoisotopic (exact) mass is 424 g/mol. The fourth-order valence-corrected chi connectivity index (χ4v) is 3.85. The maximum atomic E-state index is 12.3. The number of esters is 1. The molecule has 2 aromatic carbocycles. The van der Waals surface area contributed by atoms with Gasteiger partial charge in [-0.05, 0) is 55.0 Å². The van der Waals surface area contributed by atoms with Crippen molar-refractivity contribution in [2.24, 2.45) is 4.99 Å². The van der Waals surface area contributed by atoms with Crippen LogP contribution in [0, 0.1) is 0 Å². The Balaban J connectivity index is 1.94. The second kappa shape index (κ2) is 9.54. The smallest absolute Gasteiger partial charge is 0.344 e. The van der Waals surface area contributed by atoms with Gasteiger partial charge >= 0.3 is 5.97 Å². The number of hydrogen-bond acceptors (Lipinski definition) is 7. The van der Waals surface area contributed by atoms with E-state index in [1.54, 1.807) is 12.1 Å². The van der Waals surface area contributed by atoms with Gasteiger partial charge in [0.1, 0.15) is 22.1 Å². The maximum absolute atomic E-state index is 12.3. The van der Waals surface area contributed by atoms with Crippen LogP contribution in [0.5, 0.6) is 5.75 Å². The number of aliphatic imine (C=N–C) groups is 1. The van der Waals surface area contributed by atoms with Crippen LogP contribution in [0.2, 0.25) is 0 Å². The molecule has 0 fully saturated rings. The van der Waals surface area contributed by atoms with Crippen molar-refractivity contribution in [3.63, 3.8) is 0 Å². The van der Waals surface area contributed by atoms with Gasteiger partial charge < -0.3 is 19.5 Å². The number of nitrogens with zero attached hydrogens (tertiary/aromatic N) is 2. The summed E-state index contributed by atoms with van der Waals surface area (Å²) in [4.78, 5) is 19.4. The van der Waals surface area contributed by atoms with E-state index in [-0.39, 0.29) is 11.3 Å². The van der Waals surface area contributed by atoms with Crippen molar-refractivity contribution < 1.29 is 19.4 Å². The minimum atomic E-state index is -0.629. The zero-order chi connectivity index (χ0) is 21.7. The summed E-state index contributed by atoms with van der Waals surface area (Å²) in [7, 11) is 5.23. The Morgan fingerprint density at radius 2 is 1.80 bits per heavy atom. The molecule has 1 aliphatic rings. The Hall–Kier alpha value is -3.19. The summed E-state index contributed by atoms with van der Waals surface area (Å²) in [5.41, 5.74) is 2.68. The first-order chi connectivity index (χ1) is 14.4. The number of anilines is 1. The van der Waals surface area contributed by atoms with Gasteiger partial charge in [-0.15, -0.1) is 0 Å². The molecule has 0 aromatic heterocycles. The number of aliphatic hydroxyl groups is 1. The SMILES string of the molecule is CCOc1ccc(N=C2S/C(=C/c3ccc(N(C)C)cc3)C(O)=C2C(=O)OC)cc1. The van der Waals surface area contributed by atoms with Gasteiger partial charge in [0, 0.05) is 19.8 Å². The lowest BCUT2D eigenvalue weighted by atomic mass is 10.1. The summed E-state index contributed by atoms with van der Waals surface area (Å²) in [6, 6.07) is 15.1. The summed E-state index contributed by atoms with van der Waals surface area (Å²) in [5, 5.41) is 11.1. The number of carbonyl (C=O) groups excluding carboxylic acids is 1. The molecule has 1 aliphatic heterocycles. The average molecular weight is 425 g/mol. The van der Waals surface area contributed by atoms with Gasteiger partial charge in [0.2, 0.25) is 0 Å². The molecule has 3 rings (SSSR count). The molecule has 2 aromatic rings. The molecule has 0 bridgehead atoms. The molecule has 6 nitrogen and oxygen atoms in total. The molecular formula is C23H24N2O4S. The summed E-state index contributed by atoms with van der Waals surface area (Å²) in [6.07, 6.45) is 1.82. The number of carbonyl (C=O) groups is 1. The number of aliphatic hydroxyl groups excluding tert-OH is 1. The van der Waals surface area contributed by atoms with Crippen LogP contribution in [0.25, 0.3) is 6.08 Å². The number of methoxy groups -OCH3 is 1. The van der Waals surface area contributed by atoms with Gasteiger partial charge in [-0.2, -0.15) is 0 Å². The first-order valence-electron chi connectivity index (χ1n) is 9.43. The van der Waals surface area contributed by atoms with E-state index in [2.05, 4.69) is 4.99 Å². The summed E-state index contributed by atoms with van der Waals surface area (Å²) in [5.74, 6) is -0.0156. The third-order valence-corrected chi connectivity index (χ3v) is 5.39. The fraction of sp³-hybridized carbons (Fsp3) is 0.217. The zero-order valence-electron chi connectivity index (χ0n) is 17.4. The van der Waals surface area contributed by atoms with Crippen LogP contribution in [0.15, 0.2) is 69.8 Å². The molecule has 0 aliphatic carbocycles. The van der Waals surface area contributed by atoms with E-state index in [9.17, 15) is 9.90 Å². The van der Waals surface area contributed by atoms with Crippen LogP contribution < -0.4 is 9.64 Å². The lowest BCUT2D eigenvalue weighted by Gasteiger charge is -2.11. The van der Waals surface area contributed by atoms with E-state index >= 15 is 0 Å². The molecular weight excluding hydrogens is 400 g/mol. The summed E-state index contributed by atoms with van der Waals surface area (Å²) >= 11 is 1.23. The molecule has 0 radical (unpaired) electrons. The highest BCUT2D eigenvalue weighted by Crippen LogP contribution is 2.40. The first kappa shape index (κ1) is 21.5. The van der Waals surface area contributed by atoms with Crippen molar-refractivity contribution in [1.82, 2.24) is 0 Å². The topological polar surface area (TPSA) is 71.4 Å². The number of thioether (sulfide) groups is 1. The third kappa shape index (κ3) is 4.86. The molecule has 0 amide bonds. The van der Waals surface area contributed by atoms with Crippen LogP contribution in [-0.4, -0.2) is 43.9 Å². The van der Waals surface area contributed by atoms with Crippen molar-refractivity contribution in [3.05, 3.63) is 70.3 Å². The largest absolute Gasteiger partial charge is 0.506 e. The van der Waals surface area contributed by atoms with E-state index in [1.165, 1.54) is 18.9 Å². The molecule has 7 heteroatoms. The standard InChI is InChI=1S/C23H24N2O4S/c1-5-29-18-12-8-16(9-13-18)24-22-20(23(27)28-4)21(26)19(30-22)14-15-6-10-17(11-7-15)25(2)3/h6-14,26H,5H2,1-4H3/b19-14+,24-22?. The fourth-order valence-electron chi connectivity index (χ4n) is 2.81. The molecule has 1 heterocycles. The number of rotatable bonds is 6. The molecule has 0 saturated heterocycles. The van der Waals surface area contributed by atoms with Gasteiger partial charge in [0.15, 0.2) is 0 Å². The minimum absolute atomic E-state index is 0.0625. The van der Waals surface area contributed by atoms with E-state index < -0.39 is 5.97 Å².